The molecule has 1 amide bonds. The van der Waals surface area contributed by atoms with Crippen LogP contribution in [0.15, 0.2) is 91.0 Å². The minimum atomic E-state index is -2.07. The van der Waals surface area contributed by atoms with Crippen molar-refractivity contribution >= 4 is 29.1 Å². The molecule has 1 saturated heterocycles. The van der Waals surface area contributed by atoms with Crippen molar-refractivity contribution < 1.29 is 4.79 Å². The second kappa shape index (κ2) is 8.71. The summed E-state index contributed by atoms with van der Waals surface area (Å²) in [5.41, 5.74) is 0. The maximum atomic E-state index is 13.5. The van der Waals surface area contributed by atoms with Gasteiger partial charge >= 0.3 is 0 Å². The van der Waals surface area contributed by atoms with Gasteiger partial charge in [0, 0.05) is 13.1 Å². The van der Waals surface area contributed by atoms with Gasteiger partial charge in [0.25, 0.3) is 5.91 Å². The molecule has 0 unspecified atom stereocenters. The number of likely N-dealkylation sites (tertiary alicyclic amines) is 1. The first-order chi connectivity index (χ1) is 13.8. The quantitative estimate of drug-likeness (QED) is 0.605. The third kappa shape index (κ3) is 3.75. The highest BCUT2D eigenvalue weighted by molar-refractivity contribution is 7.96. The molecule has 1 heterocycles. The molecule has 2 nitrogen and oxygen atoms in total. The summed E-state index contributed by atoms with van der Waals surface area (Å²) in [7, 11) is -2.07. The van der Waals surface area contributed by atoms with Crippen molar-refractivity contribution in [2.45, 2.75) is 19.3 Å². The average Bonchev–Trinajstić information content (AvgIpc) is 2.80. The Bertz CT molecular complexity index is 793. The van der Waals surface area contributed by atoms with Crippen molar-refractivity contribution in [1.29, 1.82) is 0 Å². The minimum absolute atomic E-state index is 0.296. The lowest BCUT2D eigenvalue weighted by molar-refractivity contribution is -0.129. The Balaban J connectivity index is 1.87. The highest BCUT2D eigenvalue weighted by Gasteiger charge is 2.48. The third-order valence-corrected chi connectivity index (χ3v) is 9.96. The van der Waals surface area contributed by atoms with Gasteiger partial charge in [-0.05, 0) is 55.7 Å². The van der Waals surface area contributed by atoms with Gasteiger partial charge in [0.05, 0.1) is 0 Å². The molecule has 3 aromatic rings. The molecule has 142 valence electrons. The van der Waals surface area contributed by atoms with Crippen LogP contribution in [0.4, 0.5) is 0 Å². The van der Waals surface area contributed by atoms with E-state index in [0.717, 1.165) is 25.9 Å². The summed E-state index contributed by atoms with van der Waals surface area (Å²) in [6.45, 7) is 1.80. The fourth-order valence-corrected chi connectivity index (χ4v) is 8.31. The zero-order valence-corrected chi connectivity index (χ0v) is 17.1. The molecular formula is C25H27NOP+. The van der Waals surface area contributed by atoms with Gasteiger partial charge in [-0.1, -0.05) is 54.6 Å². The van der Waals surface area contributed by atoms with Crippen molar-refractivity contribution in [2.75, 3.05) is 19.3 Å². The second-order valence-electron chi connectivity index (χ2n) is 7.42. The predicted octanol–water partition coefficient (Wildman–Crippen LogP) is 3.99. The summed E-state index contributed by atoms with van der Waals surface area (Å²) in [4.78, 5) is 15.6. The van der Waals surface area contributed by atoms with E-state index in [2.05, 4.69) is 95.9 Å². The van der Waals surface area contributed by atoms with Crippen LogP contribution < -0.4 is 15.9 Å². The smallest absolute Gasteiger partial charge is 0.261 e. The zero-order valence-electron chi connectivity index (χ0n) is 16.2. The average molecular weight is 388 g/mol. The molecule has 1 fully saturated rings. The highest BCUT2D eigenvalue weighted by atomic mass is 31.2. The molecule has 1 aliphatic rings. The number of hydrogen-bond acceptors (Lipinski definition) is 1. The maximum absolute atomic E-state index is 13.5. The number of amides is 1. The van der Waals surface area contributed by atoms with Gasteiger partial charge in [0.1, 0.15) is 23.2 Å². The molecule has 0 N–H and O–H groups in total. The van der Waals surface area contributed by atoms with E-state index in [-0.39, 0.29) is 0 Å². The van der Waals surface area contributed by atoms with Crippen LogP contribution in [0.2, 0.25) is 0 Å². The number of piperidine rings is 1. The molecule has 0 aromatic heterocycles. The van der Waals surface area contributed by atoms with E-state index < -0.39 is 7.26 Å². The molecule has 0 aliphatic carbocycles. The van der Waals surface area contributed by atoms with E-state index in [1.54, 1.807) is 0 Å². The number of rotatable bonds is 5. The van der Waals surface area contributed by atoms with Crippen molar-refractivity contribution in [3.8, 4) is 0 Å². The van der Waals surface area contributed by atoms with E-state index >= 15 is 0 Å². The number of nitrogens with zero attached hydrogens (tertiary/aromatic N) is 1. The first-order valence-electron chi connectivity index (χ1n) is 10.1. The molecule has 28 heavy (non-hydrogen) atoms. The molecule has 0 atom stereocenters. The Hall–Kier alpha value is -2.44. The van der Waals surface area contributed by atoms with Gasteiger partial charge in [-0.2, -0.15) is 0 Å². The van der Waals surface area contributed by atoms with Gasteiger partial charge in [-0.15, -0.1) is 0 Å². The fraction of sp³-hybridized carbons (Fsp3) is 0.240. The molecule has 3 aromatic carbocycles. The van der Waals surface area contributed by atoms with Crippen molar-refractivity contribution in [2.24, 2.45) is 0 Å². The summed E-state index contributed by atoms with van der Waals surface area (Å²) in [6, 6.07) is 32.0. The van der Waals surface area contributed by atoms with E-state index in [0.29, 0.717) is 12.1 Å². The van der Waals surface area contributed by atoms with Crippen LogP contribution in [0.25, 0.3) is 0 Å². The van der Waals surface area contributed by atoms with Gasteiger partial charge in [0.15, 0.2) is 6.16 Å². The normalized spacial score (nSPS) is 14.6. The monoisotopic (exact) mass is 388 g/mol. The van der Waals surface area contributed by atoms with Crippen LogP contribution in [-0.4, -0.2) is 30.1 Å². The molecule has 0 bridgehead atoms. The van der Waals surface area contributed by atoms with Gasteiger partial charge in [0.2, 0.25) is 0 Å². The maximum Gasteiger partial charge on any atom is 0.261 e. The first kappa shape index (κ1) is 18.9. The molecule has 0 spiro atoms. The van der Waals surface area contributed by atoms with Crippen LogP contribution in [0, 0.1) is 0 Å². The first-order valence-corrected chi connectivity index (χ1v) is 12.1. The molecular weight excluding hydrogens is 361 g/mol. The predicted molar refractivity (Wildman–Crippen MR) is 120 cm³/mol. The number of hydrogen-bond donors (Lipinski definition) is 0. The largest absolute Gasteiger partial charge is 0.340 e. The minimum Gasteiger partial charge on any atom is -0.340 e. The molecule has 3 heteroatoms. The third-order valence-electron chi connectivity index (χ3n) is 5.67. The topological polar surface area (TPSA) is 20.3 Å². The van der Waals surface area contributed by atoms with Crippen LogP contribution >= 0.6 is 7.26 Å². The number of carbonyl (C=O) groups excluding carboxylic acids is 1. The van der Waals surface area contributed by atoms with Gasteiger partial charge in [-0.3, -0.25) is 4.79 Å². The number of benzene rings is 3. The summed E-state index contributed by atoms with van der Waals surface area (Å²) >= 11 is 0. The Morgan fingerprint density at radius 3 is 1.43 bits per heavy atom. The lowest BCUT2D eigenvalue weighted by Crippen LogP contribution is -2.43. The van der Waals surface area contributed by atoms with Crippen molar-refractivity contribution in [3.63, 3.8) is 0 Å². The van der Waals surface area contributed by atoms with Crippen LogP contribution in [0.3, 0.4) is 0 Å². The Morgan fingerprint density at radius 1 is 0.643 bits per heavy atom. The summed E-state index contributed by atoms with van der Waals surface area (Å²) in [5.74, 6) is 0.296. The van der Waals surface area contributed by atoms with Gasteiger partial charge in [-0.25, -0.2) is 0 Å². The lowest BCUT2D eigenvalue weighted by atomic mass is 10.1. The number of carbonyl (C=O) groups is 1. The molecule has 4 rings (SSSR count). The van der Waals surface area contributed by atoms with Gasteiger partial charge < -0.3 is 4.90 Å². The lowest BCUT2D eigenvalue weighted by Gasteiger charge is -2.31. The Labute approximate surface area is 168 Å². The van der Waals surface area contributed by atoms with Crippen LogP contribution in [0.5, 0.6) is 0 Å². The van der Waals surface area contributed by atoms with Crippen molar-refractivity contribution in [3.05, 3.63) is 91.0 Å². The van der Waals surface area contributed by atoms with Crippen LogP contribution in [-0.2, 0) is 4.79 Å². The molecule has 1 aliphatic heterocycles. The summed E-state index contributed by atoms with van der Waals surface area (Å²) in [6.07, 6.45) is 4.05. The Kier molecular flexibility index (Phi) is 5.88. The molecule has 0 saturated carbocycles. The second-order valence-corrected chi connectivity index (χ2v) is 10.9. The molecule has 0 radical (unpaired) electrons. The van der Waals surface area contributed by atoms with E-state index in [1.165, 1.54) is 22.3 Å². The van der Waals surface area contributed by atoms with Crippen molar-refractivity contribution in [1.82, 2.24) is 4.90 Å². The fourth-order valence-electron chi connectivity index (χ4n) is 4.21. The SMILES string of the molecule is O=C(C[P+](c1ccccc1)(c1ccccc1)c1ccccc1)N1CCCCC1. The van der Waals surface area contributed by atoms with E-state index in [4.69, 9.17) is 0 Å². The van der Waals surface area contributed by atoms with E-state index in [9.17, 15) is 4.79 Å². The van der Waals surface area contributed by atoms with E-state index in [1.807, 2.05) is 0 Å². The summed E-state index contributed by atoms with van der Waals surface area (Å²) in [5, 5.41) is 3.83. The summed E-state index contributed by atoms with van der Waals surface area (Å²) < 4.78 is 0. The van der Waals surface area contributed by atoms with Crippen LogP contribution in [0.1, 0.15) is 19.3 Å². The highest BCUT2D eigenvalue weighted by Crippen LogP contribution is 2.55. The Morgan fingerprint density at radius 2 is 1.04 bits per heavy atom. The standard InChI is InChI=1S/C25H27NOP/c27-25(26-19-11-4-12-20-26)21-28(22-13-5-1-6-14-22,23-15-7-2-8-16-23)24-17-9-3-10-18-24/h1-3,5-10,13-18H,4,11-12,19-21H2/q+1. The zero-order chi connectivity index (χ0) is 19.2.